The van der Waals surface area contributed by atoms with Gasteiger partial charge in [-0.1, -0.05) is 194 Å². The van der Waals surface area contributed by atoms with Crippen LogP contribution >= 0.6 is 0 Å². The maximum absolute atomic E-state index is 10.7. The molecule has 84 heavy (non-hydrogen) atoms. The van der Waals surface area contributed by atoms with Gasteiger partial charge in [-0.25, -0.2) is 15.0 Å². The van der Waals surface area contributed by atoms with Crippen LogP contribution in [0.1, 0.15) is 11.1 Å². The summed E-state index contributed by atoms with van der Waals surface area (Å²) in [7, 11) is 0. The van der Waals surface area contributed by atoms with Gasteiger partial charge < -0.3 is 9.13 Å². The molecule has 15 rings (SSSR count). The molecule has 0 unspecified atom stereocenters. The molecule has 15 aromatic rings. The highest BCUT2D eigenvalue weighted by molar-refractivity contribution is 6.13. The minimum Gasteiger partial charge on any atom is -0.308 e. The lowest BCUT2D eigenvalue weighted by Crippen LogP contribution is -2.06. The van der Waals surface area contributed by atoms with Crippen molar-refractivity contribution < 1.29 is 0 Å². The van der Waals surface area contributed by atoms with Crippen LogP contribution < -0.4 is 0 Å². The van der Waals surface area contributed by atoms with Crippen LogP contribution in [-0.4, -0.2) is 24.1 Å². The summed E-state index contributed by atoms with van der Waals surface area (Å²) in [6.07, 6.45) is 0. The Labute approximate surface area is 485 Å². The molecule has 0 spiro atoms. The summed E-state index contributed by atoms with van der Waals surface area (Å²) in [5.41, 5.74) is 19.7. The topological polar surface area (TPSA) is 96.1 Å². The van der Waals surface area contributed by atoms with E-state index >= 15 is 0 Å². The van der Waals surface area contributed by atoms with Gasteiger partial charge in [0.25, 0.3) is 0 Å². The summed E-state index contributed by atoms with van der Waals surface area (Å²) >= 11 is 0. The second-order valence-electron chi connectivity index (χ2n) is 21.0. The van der Waals surface area contributed by atoms with Crippen molar-refractivity contribution in [2.24, 2.45) is 0 Å². The largest absolute Gasteiger partial charge is 0.308 e. The minimum absolute atomic E-state index is 0.404. The molecule has 0 amide bonds. The molecule has 0 aliphatic carbocycles. The number of rotatable bonds is 10. The molecule has 0 bridgehead atoms. The van der Waals surface area contributed by atoms with Crippen LogP contribution in [0.4, 0.5) is 0 Å². The SMILES string of the molecule is N#Cc1cccc(-c2ccc(-c3nc(-c4ccccc4)nc(-c4cc(C#N)ccc4-n4c5ccc(-c6ccccc6)cc5c5cc(-c6ccccc6)ccc54)n3)c(-n3c4ccc(-c5ccccc5)cc4c4cc(-c5ccccc5)ccc43)c2)c1. The molecule has 7 nitrogen and oxygen atoms in total. The normalized spacial score (nSPS) is 11.3. The molecule has 7 heteroatoms. The van der Waals surface area contributed by atoms with Crippen LogP contribution in [-0.2, 0) is 0 Å². The number of benzene rings is 12. The Morgan fingerprint density at radius 1 is 0.238 bits per heavy atom. The van der Waals surface area contributed by atoms with Crippen LogP contribution in [0, 0.1) is 22.7 Å². The zero-order chi connectivity index (χ0) is 56.1. The van der Waals surface area contributed by atoms with E-state index in [1.54, 1.807) is 0 Å². The summed E-state index contributed by atoms with van der Waals surface area (Å²) < 4.78 is 4.62. The molecule has 0 N–H and O–H groups in total. The van der Waals surface area contributed by atoms with Gasteiger partial charge in [0.1, 0.15) is 0 Å². The smallest absolute Gasteiger partial charge is 0.166 e. The molecule has 3 heterocycles. The predicted molar refractivity (Wildman–Crippen MR) is 341 cm³/mol. The third-order valence-electron chi connectivity index (χ3n) is 16.0. The standard InChI is InChI=1S/C77H47N7/c78-48-50-17-16-28-57(41-50)62-30-35-63(74(47-62)84-71-39-33-60(54-22-10-3-11-23-54)45-66(71)67-46-61(34-40-72(67)84)55-24-12-4-13-25-55)76-80-75(56-26-14-5-15-27-56)81-77(82-76)68-42-51(49-79)29-36-73(68)83-69-37-31-58(52-18-6-1-7-19-52)43-64(69)65-44-59(32-38-70(65)83)53-20-8-2-9-21-53/h1-47H. The van der Waals surface area contributed by atoms with Gasteiger partial charge in [0.2, 0.25) is 0 Å². The Bertz CT molecular complexity index is 4940. The molecule has 0 aliphatic rings. The first-order valence-corrected chi connectivity index (χ1v) is 27.9. The Morgan fingerprint density at radius 2 is 0.583 bits per heavy atom. The Kier molecular flexibility index (Phi) is 12.2. The zero-order valence-corrected chi connectivity index (χ0v) is 45.3. The van der Waals surface area contributed by atoms with Crippen molar-refractivity contribution in [1.29, 1.82) is 10.5 Å². The fourth-order valence-corrected chi connectivity index (χ4v) is 12.0. The van der Waals surface area contributed by atoms with Gasteiger partial charge in [-0.15, -0.1) is 0 Å². The van der Waals surface area contributed by atoms with Crippen LogP contribution in [0.15, 0.2) is 285 Å². The lowest BCUT2D eigenvalue weighted by atomic mass is 9.99. The summed E-state index contributed by atoms with van der Waals surface area (Å²) in [5.74, 6) is 1.32. The number of hydrogen-bond donors (Lipinski definition) is 0. The van der Waals surface area contributed by atoms with E-state index < -0.39 is 0 Å². The second kappa shape index (κ2) is 20.7. The minimum atomic E-state index is 0.404. The van der Waals surface area contributed by atoms with Gasteiger partial charge in [0.05, 0.1) is 56.7 Å². The fourth-order valence-electron chi connectivity index (χ4n) is 12.0. The molecule has 390 valence electrons. The van der Waals surface area contributed by atoms with Crippen molar-refractivity contribution >= 4 is 43.6 Å². The third kappa shape index (κ3) is 8.74. The first kappa shape index (κ1) is 49.3. The van der Waals surface area contributed by atoms with Gasteiger partial charge in [0, 0.05) is 38.2 Å². The predicted octanol–water partition coefficient (Wildman–Crippen LogP) is 19.1. The monoisotopic (exact) mass is 1070 g/mol. The van der Waals surface area contributed by atoms with Gasteiger partial charge in [-0.2, -0.15) is 10.5 Å². The van der Waals surface area contributed by atoms with Gasteiger partial charge in [-0.05, 0) is 147 Å². The molecule has 0 radical (unpaired) electrons. The van der Waals surface area contributed by atoms with Crippen LogP contribution in [0.5, 0.6) is 0 Å². The Hall–Kier alpha value is -11.8. The highest BCUT2D eigenvalue weighted by atomic mass is 15.1. The maximum Gasteiger partial charge on any atom is 0.166 e. The van der Waals surface area contributed by atoms with Gasteiger partial charge >= 0.3 is 0 Å². The van der Waals surface area contributed by atoms with E-state index in [2.05, 4.69) is 209 Å². The lowest BCUT2D eigenvalue weighted by Gasteiger charge is -2.18. The van der Waals surface area contributed by atoms with Crippen molar-refractivity contribution in [3.05, 3.63) is 296 Å². The van der Waals surface area contributed by atoms with E-state index in [1.807, 2.05) is 97.1 Å². The molecular weight excluding hydrogens is 1020 g/mol. The van der Waals surface area contributed by atoms with Crippen LogP contribution in [0.3, 0.4) is 0 Å². The lowest BCUT2D eigenvalue weighted by molar-refractivity contribution is 1.06. The fraction of sp³-hybridized carbons (Fsp3) is 0. The van der Waals surface area contributed by atoms with Crippen molar-refractivity contribution in [1.82, 2.24) is 24.1 Å². The average Bonchev–Trinajstić information content (AvgIpc) is 1.86. The van der Waals surface area contributed by atoms with Crippen molar-refractivity contribution in [3.63, 3.8) is 0 Å². The number of aromatic nitrogens is 5. The van der Waals surface area contributed by atoms with E-state index in [9.17, 15) is 10.5 Å². The van der Waals surface area contributed by atoms with Gasteiger partial charge in [-0.3, -0.25) is 0 Å². The van der Waals surface area contributed by atoms with E-state index in [4.69, 9.17) is 15.0 Å². The highest BCUT2D eigenvalue weighted by Crippen LogP contribution is 2.43. The third-order valence-corrected chi connectivity index (χ3v) is 16.0. The molecule has 3 aromatic heterocycles. The number of nitriles is 2. The Balaban J connectivity index is 1.00. The highest BCUT2D eigenvalue weighted by Gasteiger charge is 2.25. The second-order valence-corrected chi connectivity index (χ2v) is 21.0. The van der Waals surface area contributed by atoms with E-state index in [1.165, 1.54) is 0 Å². The summed E-state index contributed by atoms with van der Waals surface area (Å²) in [6, 6.07) is 103. The molecule has 12 aromatic carbocycles. The molecule has 0 fully saturated rings. The van der Waals surface area contributed by atoms with Gasteiger partial charge in [0.15, 0.2) is 17.5 Å². The first-order valence-electron chi connectivity index (χ1n) is 27.9. The molecular formula is C77H47N7. The Morgan fingerprint density at radius 3 is 1.02 bits per heavy atom. The molecule has 0 saturated carbocycles. The molecule has 0 aliphatic heterocycles. The van der Waals surface area contributed by atoms with E-state index in [0.29, 0.717) is 34.2 Å². The molecule has 0 saturated heterocycles. The number of hydrogen-bond acceptors (Lipinski definition) is 5. The van der Waals surface area contributed by atoms with Crippen molar-refractivity contribution in [3.8, 4) is 113 Å². The summed E-state index contributed by atoms with van der Waals surface area (Å²) in [6.45, 7) is 0. The maximum atomic E-state index is 10.7. The van der Waals surface area contributed by atoms with E-state index in [0.717, 1.165) is 122 Å². The number of nitrogens with zero attached hydrogens (tertiary/aromatic N) is 7. The molecule has 0 atom stereocenters. The van der Waals surface area contributed by atoms with E-state index in [-0.39, 0.29) is 0 Å². The summed E-state index contributed by atoms with van der Waals surface area (Å²) in [4.78, 5) is 16.4. The quantitative estimate of drug-likeness (QED) is 0.136. The van der Waals surface area contributed by atoms with Crippen LogP contribution in [0.25, 0.3) is 145 Å². The van der Waals surface area contributed by atoms with Crippen molar-refractivity contribution in [2.75, 3.05) is 0 Å². The summed E-state index contributed by atoms with van der Waals surface area (Å²) in [5, 5.41) is 25.2. The van der Waals surface area contributed by atoms with Crippen LogP contribution in [0.2, 0.25) is 0 Å². The zero-order valence-electron chi connectivity index (χ0n) is 45.3. The van der Waals surface area contributed by atoms with Crippen molar-refractivity contribution in [2.45, 2.75) is 0 Å². The average molecular weight is 1070 g/mol. The number of fused-ring (bicyclic) bond motifs is 6. The first-order chi connectivity index (χ1) is 41.5.